The van der Waals surface area contributed by atoms with Crippen molar-refractivity contribution >= 4 is 28.8 Å². The maximum absolute atomic E-state index is 5.80. The van der Waals surface area contributed by atoms with Gasteiger partial charge < -0.3 is 11.1 Å². The minimum absolute atomic E-state index is 0.876. The lowest BCUT2D eigenvalue weighted by atomic mass is 10.1. The number of hydrogen-bond donors (Lipinski definition) is 2. The Morgan fingerprint density at radius 3 is 3.14 bits per heavy atom. The van der Waals surface area contributed by atoms with Crippen LogP contribution in [0.1, 0.15) is 11.3 Å². The molecule has 2 nitrogen and oxygen atoms in total. The summed E-state index contributed by atoms with van der Waals surface area (Å²) in [5, 5.41) is 5.54. The third-order valence-corrected chi connectivity index (χ3v) is 4.69. The van der Waals surface area contributed by atoms with Crippen molar-refractivity contribution < 1.29 is 0 Å². The summed E-state index contributed by atoms with van der Waals surface area (Å²) in [4.78, 5) is 1.27. The fourth-order valence-electron chi connectivity index (χ4n) is 1.63. The Labute approximate surface area is 93.3 Å². The SMILES string of the molecule is Nc1ccsc1CNCC1CCSC1. The molecule has 1 unspecified atom stereocenters. The Hall–Kier alpha value is -0.190. The van der Waals surface area contributed by atoms with E-state index in [4.69, 9.17) is 5.73 Å². The highest BCUT2D eigenvalue weighted by molar-refractivity contribution is 7.99. The number of nitrogens with one attached hydrogen (secondary N) is 1. The molecule has 0 aromatic carbocycles. The fraction of sp³-hybridized carbons (Fsp3) is 0.600. The first-order valence-corrected chi connectivity index (χ1v) is 7.00. The van der Waals surface area contributed by atoms with Crippen molar-refractivity contribution in [2.24, 2.45) is 5.92 Å². The van der Waals surface area contributed by atoms with Gasteiger partial charge in [-0.15, -0.1) is 11.3 Å². The number of hydrogen-bond acceptors (Lipinski definition) is 4. The van der Waals surface area contributed by atoms with Crippen LogP contribution in [0.3, 0.4) is 0 Å². The van der Waals surface area contributed by atoms with Gasteiger partial charge in [-0.05, 0) is 41.8 Å². The van der Waals surface area contributed by atoms with Gasteiger partial charge in [0.2, 0.25) is 0 Å². The number of thioether (sulfide) groups is 1. The lowest BCUT2D eigenvalue weighted by Crippen LogP contribution is -2.22. The van der Waals surface area contributed by atoms with E-state index in [0.29, 0.717) is 0 Å². The molecule has 14 heavy (non-hydrogen) atoms. The Kier molecular flexibility index (Phi) is 3.73. The van der Waals surface area contributed by atoms with Crippen molar-refractivity contribution in [3.05, 3.63) is 16.3 Å². The summed E-state index contributed by atoms with van der Waals surface area (Å²) in [6, 6.07) is 1.98. The molecule has 0 radical (unpaired) electrons. The molecule has 0 bridgehead atoms. The van der Waals surface area contributed by atoms with Crippen molar-refractivity contribution in [2.45, 2.75) is 13.0 Å². The van der Waals surface area contributed by atoms with Gasteiger partial charge >= 0.3 is 0 Å². The number of anilines is 1. The van der Waals surface area contributed by atoms with Gasteiger partial charge in [-0.25, -0.2) is 0 Å². The summed E-state index contributed by atoms with van der Waals surface area (Å²) in [6.07, 6.45) is 1.37. The molecule has 1 aliphatic heterocycles. The average molecular weight is 228 g/mol. The zero-order chi connectivity index (χ0) is 9.80. The summed E-state index contributed by atoms with van der Waals surface area (Å²) in [5.74, 6) is 3.54. The van der Waals surface area contributed by atoms with Gasteiger partial charge in [0.25, 0.3) is 0 Å². The number of rotatable bonds is 4. The molecule has 2 rings (SSSR count). The van der Waals surface area contributed by atoms with Crippen molar-refractivity contribution in [1.82, 2.24) is 5.32 Å². The predicted octanol–water partition coefficient (Wildman–Crippen LogP) is 2.17. The molecular formula is C10H16N2S2. The second-order valence-corrected chi connectivity index (χ2v) is 5.81. The van der Waals surface area contributed by atoms with Crippen LogP contribution in [0.4, 0.5) is 5.69 Å². The van der Waals surface area contributed by atoms with Crippen LogP contribution < -0.4 is 11.1 Å². The van der Waals surface area contributed by atoms with Crippen LogP contribution >= 0.6 is 23.1 Å². The van der Waals surface area contributed by atoms with Crippen LogP contribution in [0, 0.1) is 5.92 Å². The first kappa shape index (κ1) is 10.3. The molecule has 2 heterocycles. The van der Waals surface area contributed by atoms with Crippen LogP contribution in [0.2, 0.25) is 0 Å². The van der Waals surface area contributed by atoms with Gasteiger partial charge in [0.05, 0.1) is 0 Å². The van der Waals surface area contributed by atoms with Crippen LogP contribution in [0.25, 0.3) is 0 Å². The van der Waals surface area contributed by atoms with E-state index in [1.54, 1.807) is 11.3 Å². The molecule has 1 fully saturated rings. The highest BCUT2D eigenvalue weighted by Crippen LogP contribution is 2.23. The first-order chi connectivity index (χ1) is 6.86. The molecular weight excluding hydrogens is 212 g/mol. The van der Waals surface area contributed by atoms with Crippen LogP contribution in [-0.4, -0.2) is 18.1 Å². The van der Waals surface area contributed by atoms with E-state index in [1.165, 1.54) is 22.8 Å². The van der Waals surface area contributed by atoms with Gasteiger partial charge in [-0.1, -0.05) is 0 Å². The number of nitrogen functional groups attached to an aromatic ring is 1. The van der Waals surface area contributed by atoms with E-state index in [2.05, 4.69) is 22.5 Å². The third-order valence-electron chi connectivity index (χ3n) is 2.52. The maximum atomic E-state index is 5.80. The second-order valence-electron chi connectivity index (χ2n) is 3.66. The monoisotopic (exact) mass is 228 g/mol. The van der Waals surface area contributed by atoms with Gasteiger partial charge in [-0.2, -0.15) is 11.8 Å². The van der Waals surface area contributed by atoms with Crippen molar-refractivity contribution in [2.75, 3.05) is 23.8 Å². The quantitative estimate of drug-likeness (QED) is 0.829. The average Bonchev–Trinajstić information content (AvgIpc) is 2.78. The molecule has 0 amide bonds. The van der Waals surface area contributed by atoms with E-state index in [-0.39, 0.29) is 0 Å². The molecule has 0 saturated carbocycles. The maximum Gasteiger partial charge on any atom is 0.0468 e. The first-order valence-electron chi connectivity index (χ1n) is 4.96. The fourth-order valence-corrected chi connectivity index (χ4v) is 3.68. The minimum Gasteiger partial charge on any atom is -0.398 e. The van der Waals surface area contributed by atoms with Gasteiger partial charge in [-0.3, -0.25) is 0 Å². The van der Waals surface area contributed by atoms with E-state index in [0.717, 1.165) is 24.7 Å². The van der Waals surface area contributed by atoms with Crippen LogP contribution in [0.5, 0.6) is 0 Å². The smallest absolute Gasteiger partial charge is 0.0468 e. The molecule has 1 saturated heterocycles. The summed E-state index contributed by atoms with van der Waals surface area (Å²) in [5.41, 5.74) is 6.73. The number of nitrogens with two attached hydrogens (primary N) is 1. The Balaban J connectivity index is 1.70. The van der Waals surface area contributed by atoms with Crippen LogP contribution in [0.15, 0.2) is 11.4 Å². The Morgan fingerprint density at radius 1 is 1.57 bits per heavy atom. The van der Waals surface area contributed by atoms with Gasteiger partial charge in [0.1, 0.15) is 0 Å². The normalized spacial score (nSPS) is 21.6. The number of thiophene rings is 1. The molecule has 1 aromatic heterocycles. The van der Waals surface area contributed by atoms with Crippen LogP contribution in [-0.2, 0) is 6.54 Å². The van der Waals surface area contributed by atoms with Crippen molar-refractivity contribution in [3.8, 4) is 0 Å². The van der Waals surface area contributed by atoms with Gasteiger partial charge in [0, 0.05) is 17.1 Å². The molecule has 1 atom stereocenters. The van der Waals surface area contributed by atoms with E-state index < -0.39 is 0 Å². The van der Waals surface area contributed by atoms with Gasteiger partial charge in [0.15, 0.2) is 0 Å². The Morgan fingerprint density at radius 2 is 2.50 bits per heavy atom. The molecule has 0 spiro atoms. The zero-order valence-corrected chi connectivity index (χ0v) is 9.79. The molecule has 4 heteroatoms. The summed E-state index contributed by atoms with van der Waals surface area (Å²) in [7, 11) is 0. The molecule has 3 N–H and O–H groups in total. The lowest BCUT2D eigenvalue weighted by Gasteiger charge is -2.09. The summed E-state index contributed by atoms with van der Waals surface area (Å²) >= 11 is 3.81. The Bertz CT molecular complexity index is 279. The largest absolute Gasteiger partial charge is 0.398 e. The predicted molar refractivity (Wildman–Crippen MR) is 65.9 cm³/mol. The minimum atomic E-state index is 0.876. The molecule has 1 aliphatic rings. The third kappa shape index (κ3) is 2.65. The molecule has 78 valence electrons. The topological polar surface area (TPSA) is 38.0 Å². The van der Waals surface area contributed by atoms with Crippen molar-refractivity contribution in [3.63, 3.8) is 0 Å². The lowest BCUT2D eigenvalue weighted by molar-refractivity contribution is 0.525. The van der Waals surface area contributed by atoms with E-state index in [1.807, 2.05) is 6.07 Å². The van der Waals surface area contributed by atoms with E-state index in [9.17, 15) is 0 Å². The summed E-state index contributed by atoms with van der Waals surface area (Å²) in [6.45, 7) is 2.08. The highest BCUT2D eigenvalue weighted by Gasteiger charge is 2.14. The summed E-state index contributed by atoms with van der Waals surface area (Å²) < 4.78 is 0. The van der Waals surface area contributed by atoms with E-state index >= 15 is 0 Å². The molecule has 1 aromatic rings. The zero-order valence-electron chi connectivity index (χ0n) is 8.16. The molecule has 0 aliphatic carbocycles. The van der Waals surface area contributed by atoms with Crippen molar-refractivity contribution in [1.29, 1.82) is 0 Å². The standard InChI is InChI=1S/C10H16N2S2/c11-9-2-4-14-10(9)6-12-5-8-1-3-13-7-8/h2,4,8,12H,1,3,5-7,11H2. The second kappa shape index (κ2) is 5.05. The highest BCUT2D eigenvalue weighted by atomic mass is 32.2.